The Bertz CT molecular complexity index is 849. The lowest BCUT2D eigenvalue weighted by molar-refractivity contribution is -0.159. The molecular formula is C19H20N2O5. The fraction of sp³-hybridized carbons (Fsp3) is 0.158. The number of nitrogens with zero attached hydrogens (tertiary/aromatic N) is 1. The first-order chi connectivity index (χ1) is 12.5. The van der Waals surface area contributed by atoms with E-state index in [0.29, 0.717) is 13.1 Å². The number of rotatable bonds is 5. The summed E-state index contributed by atoms with van der Waals surface area (Å²) in [7, 11) is 0. The van der Waals surface area contributed by atoms with Crippen LogP contribution in [-0.2, 0) is 16.1 Å². The van der Waals surface area contributed by atoms with Crippen molar-refractivity contribution in [1.29, 1.82) is 0 Å². The van der Waals surface area contributed by atoms with E-state index in [1.54, 1.807) is 0 Å². The van der Waals surface area contributed by atoms with Crippen molar-refractivity contribution >= 4 is 28.5 Å². The molecule has 0 aliphatic heterocycles. The van der Waals surface area contributed by atoms with Gasteiger partial charge in [0, 0.05) is 23.9 Å². The van der Waals surface area contributed by atoms with Gasteiger partial charge in [-0.25, -0.2) is 9.59 Å². The van der Waals surface area contributed by atoms with Crippen LogP contribution in [0.15, 0.2) is 66.9 Å². The van der Waals surface area contributed by atoms with E-state index in [4.69, 9.17) is 19.8 Å². The Balaban J connectivity index is 0.000000352. The molecule has 1 atom stereocenters. The van der Waals surface area contributed by atoms with Crippen LogP contribution in [0.1, 0.15) is 0 Å². The molecule has 1 aromatic heterocycles. The lowest BCUT2D eigenvalue weighted by Crippen LogP contribution is -2.24. The highest BCUT2D eigenvalue weighted by atomic mass is 16.4. The number of carbonyl (C=O) groups is 2. The summed E-state index contributed by atoms with van der Waals surface area (Å²) in [5.74, 6) is -3.65. The first-order valence-electron chi connectivity index (χ1n) is 7.94. The van der Waals surface area contributed by atoms with Gasteiger partial charge in [0.15, 0.2) is 0 Å². The number of anilines is 1. The lowest BCUT2D eigenvalue weighted by Gasteiger charge is -2.14. The largest absolute Gasteiger partial charge is 0.473 e. The van der Waals surface area contributed by atoms with E-state index >= 15 is 0 Å². The molecule has 7 nitrogen and oxygen atoms in total. The van der Waals surface area contributed by atoms with E-state index in [9.17, 15) is 5.11 Å². The van der Waals surface area contributed by atoms with Gasteiger partial charge in [-0.3, -0.25) is 0 Å². The fourth-order valence-corrected chi connectivity index (χ4v) is 2.38. The van der Waals surface area contributed by atoms with Crippen molar-refractivity contribution in [3.05, 3.63) is 66.9 Å². The molecule has 0 fully saturated rings. The third-order valence-corrected chi connectivity index (χ3v) is 3.59. The minimum Gasteiger partial charge on any atom is -0.473 e. The summed E-state index contributed by atoms with van der Waals surface area (Å²) in [6, 6.07) is 20.2. The number of aliphatic hydroxyl groups excluding tert-OH is 1. The number of aromatic nitrogens is 1. The Kier molecular flexibility index (Phi) is 6.75. The smallest absolute Gasteiger partial charge is 0.414 e. The van der Waals surface area contributed by atoms with Crippen molar-refractivity contribution in [3.8, 4) is 0 Å². The molecule has 0 saturated carbocycles. The first-order valence-corrected chi connectivity index (χ1v) is 7.94. The first kappa shape index (κ1) is 19.0. The quantitative estimate of drug-likeness (QED) is 0.522. The molecule has 0 bridgehead atoms. The second kappa shape index (κ2) is 9.24. The molecular weight excluding hydrogens is 336 g/mol. The summed E-state index contributed by atoms with van der Waals surface area (Å²) in [4.78, 5) is 18.2. The molecule has 4 N–H and O–H groups in total. The summed E-state index contributed by atoms with van der Waals surface area (Å²) < 4.78 is 2.09. The number of hydrogen-bond acceptors (Lipinski definition) is 4. The second-order valence-corrected chi connectivity index (χ2v) is 5.54. The van der Waals surface area contributed by atoms with Crippen LogP contribution in [-0.4, -0.2) is 44.5 Å². The van der Waals surface area contributed by atoms with Crippen LogP contribution >= 0.6 is 0 Å². The van der Waals surface area contributed by atoms with Crippen LogP contribution in [0, 0.1) is 0 Å². The Hall–Kier alpha value is -3.32. The average Bonchev–Trinajstić information content (AvgIpc) is 3.04. The van der Waals surface area contributed by atoms with Gasteiger partial charge in [0.2, 0.25) is 0 Å². The Morgan fingerprint density at radius 3 is 2.19 bits per heavy atom. The van der Waals surface area contributed by atoms with Crippen LogP contribution in [0.4, 0.5) is 5.69 Å². The normalized spacial score (nSPS) is 11.3. The molecule has 0 aliphatic carbocycles. The average molecular weight is 356 g/mol. The molecule has 3 aromatic rings. The van der Waals surface area contributed by atoms with Crippen molar-refractivity contribution in [2.45, 2.75) is 12.6 Å². The van der Waals surface area contributed by atoms with E-state index < -0.39 is 18.0 Å². The minimum atomic E-state index is -1.82. The van der Waals surface area contributed by atoms with Crippen LogP contribution in [0.3, 0.4) is 0 Å². The maximum absolute atomic E-state index is 10.2. The van der Waals surface area contributed by atoms with Crippen molar-refractivity contribution in [2.75, 3.05) is 11.9 Å². The third kappa shape index (κ3) is 5.64. The Labute approximate surface area is 150 Å². The monoisotopic (exact) mass is 356 g/mol. The number of benzene rings is 2. The van der Waals surface area contributed by atoms with Gasteiger partial charge in [-0.15, -0.1) is 0 Å². The maximum Gasteiger partial charge on any atom is 0.414 e. The number of fused-ring (bicyclic) bond motifs is 1. The van der Waals surface area contributed by atoms with Gasteiger partial charge >= 0.3 is 11.9 Å². The minimum absolute atomic E-state index is 0.425. The summed E-state index contributed by atoms with van der Waals surface area (Å²) in [5, 5.41) is 29.4. The van der Waals surface area contributed by atoms with Crippen LogP contribution in [0.25, 0.3) is 10.9 Å². The van der Waals surface area contributed by atoms with Crippen molar-refractivity contribution in [1.82, 2.24) is 4.57 Å². The van der Waals surface area contributed by atoms with E-state index in [-0.39, 0.29) is 0 Å². The van der Waals surface area contributed by atoms with Crippen molar-refractivity contribution in [2.24, 2.45) is 0 Å². The zero-order valence-corrected chi connectivity index (χ0v) is 13.9. The summed E-state index contributed by atoms with van der Waals surface area (Å²) in [6.45, 7) is 1.13. The number of nitrogens with one attached hydrogen (secondary N) is 1. The number of carboxylic acids is 2. The summed E-state index contributed by atoms with van der Waals surface area (Å²) in [5.41, 5.74) is 2.19. The molecule has 2 aromatic carbocycles. The van der Waals surface area contributed by atoms with Gasteiger partial charge in [-0.1, -0.05) is 36.4 Å². The van der Waals surface area contributed by atoms with E-state index in [0.717, 1.165) is 11.2 Å². The predicted octanol–water partition coefficient (Wildman–Crippen LogP) is 2.27. The molecule has 0 spiro atoms. The zero-order chi connectivity index (χ0) is 18.9. The second-order valence-electron chi connectivity index (χ2n) is 5.54. The number of carboxylic acid groups (broad SMARTS) is 2. The van der Waals surface area contributed by atoms with E-state index in [2.05, 4.69) is 28.1 Å². The SMILES string of the molecule is O=C(O)C(=O)O.OC(CNc1ccccc1)Cn1ccc2ccccc21. The number of hydrogen-bond donors (Lipinski definition) is 4. The predicted molar refractivity (Wildman–Crippen MR) is 98.1 cm³/mol. The highest BCUT2D eigenvalue weighted by molar-refractivity contribution is 6.27. The van der Waals surface area contributed by atoms with Crippen molar-refractivity contribution in [3.63, 3.8) is 0 Å². The molecule has 136 valence electrons. The van der Waals surface area contributed by atoms with Gasteiger partial charge in [0.25, 0.3) is 0 Å². The third-order valence-electron chi connectivity index (χ3n) is 3.59. The summed E-state index contributed by atoms with van der Waals surface area (Å²) >= 11 is 0. The van der Waals surface area contributed by atoms with E-state index in [1.807, 2.05) is 48.7 Å². The molecule has 0 aliphatic rings. The van der Waals surface area contributed by atoms with Crippen LogP contribution < -0.4 is 5.32 Å². The zero-order valence-electron chi connectivity index (χ0n) is 13.9. The van der Waals surface area contributed by atoms with Crippen LogP contribution in [0.2, 0.25) is 0 Å². The van der Waals surface area contributed by atoms with Gasteiger partial charge in [-0.05, 0) is 29.7 Å². The van der Waals surface area contributed by atoms with Crippen LogP contribution in [0.5, 0.6) is 0 Å². The Morgan fingerprint density at radius 2 is 1.54 bits per heavy atom. The molecule has 0 saturated heterocycles. The van der Waals surface area contributed by atoms with Gasteiger partial charge in [-0.2, -0.15) is 0 Å². The molecule has 0 amide bonds. The molecule has 7 heteroatoms. The molecule has 3 rings (SSSR count). The molecule has 1 heterocycles. The molecule has 0 radical (unpaired) electrons. The fourth-order valence-electron chi connectivity index (χ4n) is 2.38. The summed E-state index contributed by atoms with van der Waals surface area (Å²) in [6.07, 6.45) is 1.60. The standard InChI is InChI=1S/C17H18N2O.C2H2O4/c20-16(12-18-15-7-2-1-3-8-15)13-19-11-10-14-6-4-5-9-17(14)19;3-1(4)2(5)6/h1-11,16,18,20H,12-13H2;(H,3,4)(H,5,6). The lowest BCUT2D eigenvalue weighted by atomic mass is 10.2. The van der Waals surface area contributed by atoms with Crippen molar-refractivity contribution < 1.29 is 24.9 Å². The highest BCUT2D eigenvalue weighted by Crippen LogP contribution is 2.15. The maximum atomic E-state index is 10.2. The number of aliphatic hydroxyl groups is 1. The number of aliphatic carboxylic acids is 2. The van der Waals surface area contributed by atoms with Gasteiger partial charge in [0.05, 0.1) is 12.6 Å². The Morgan fingerprint density at radius 1 is 0.923 bits per heavy atom. The van der Waals surface area contributed by atoms with Gasteiger partial charge < -0.3 is 25.2 Å². The van der Waals surface area contributed by atoms with Gasteiger partial charge in [0.1, 0.15) is 0 Å². The molecule has 1 unspecified atom stereocenters. The number of para-hydroxylation sites is 2. The highest BCUT2D eigenvalue weighted by Gasteiger charge is 2.07. The van der Waals surface area contributed by atoms with E-state index in [1.165, 1.54) is 5.39 Å². The molecule has 26 heavy (non-hydrogen) atoms. The topological polar surface area (TPSA) is 112 Å².